The highest BCUT2D eigenvalue weighted by molar-refractivity contribution is 6.10. The number of fused-ring (bicyclic) bond motifs is 5. The first-order valence-corrected chi connectivity index (χ1v) is 19.4. The molecule has 3 heterocycles. The zero-order chi connectivity index (χ0) is 37.9. The maximum atomic E-state index is 6.90. The standard InChI is InChI=1S/C51H40N4O/c1-31(2)42-28-38(34-16-9-6-10-17-34)29-43(32(3)4)47(42)55-50(54-49-51(55)53-45-21-12-11-20-44(45)52-49)41-19-13-18-40-39-27-26-37(30-46(39)56-48(40)41)36-24-22-35(23-25-36)33-14-7-5-8-15-33/h5-32H,1-4H3. The molecule has 0 spiro atoms. The summed E-state index contributed by atoms with van der Waals surface area (Å²) >= 11 is 0. The van der Waals surface area contributed by atoms with E-state index in [1.165, 1.54) is 33.4 Å². The van der Waals surface area contributed by atoms with Gasteiger partial charge in [0.15, 0.2) is 17.1 Å². The summed E-state index contributed by atoms with van der Waals surface area (Å²) in [5.74, 6) is 1.19. The van der Waals surface area contributed by atoms with Crippen molar-refractivity contribution in [1.29, 1.82) is 0 Å². The van der Waals surface area contributed by atoms with Crippen LogP contribution >= 0.6 is 0 Å². The Kier molecular flexibility index (Phi) is 8.10. The van der Waals surface area contributed by atoms with Crippen molar-refractivity contribution in [2.75, 3.05) is 0 Å². The number of benzene rings is 7. The van der Waals surface area contributed by atoms with Crippen LogP contribution in [0, 0.1) is 0 Å². The first-order chi connectivity index (χ1) is 27.4. The van der Waals surface area contributed by atoms with Crippen molar-refractivity contribution in [3.8, 4) is 50.5 Å². The third-order valence-electron chi connectivity index (χ3n) is 11.0. The Hall–Kier alpha value is -6.85. The van der Waals surface area contributed by atoms with Crippen molar-refractivity contribution in [3.63, 3.8) is 0 Å². The summed E-state index contributed by atoms with van der Waals surface area (Å²) in [6, 6.07) is 55.5. The van der Waals surface area contributed by atoms with E-state index in [0.29, 0.717) is 5.65 Å². The topological polar surface area (TPSA) is 56.7 Å². The van der Waals surface area contributed by atoms with Gasteiger partial charge in [-0.25, -0.2) is 15.0 Å². The SMILES string of the molecule is CC(C)c1cc(-c2ccccc2)cc(C(C)C)c1-n1c(-c2cccc3c2oc2cc(-c4ccc(-c5ccccc5)cc4)ccc23)nc2nc3ccccc3nc21. The molecule has 0 radical (unpaired) electrons. The minimum atomic E-state index is 0.215. The first kappa shape index (κ1) is 33.7. The van der Waals surface area contributed by atoms with Gasteiger partial charge in [0.2, 0.25) is 0 Å². The molecule has 0 saturated carbocycles. The zero-order valence-corrected chi connectivity index (χ0v) is 31.9. The number of para-hydroxylation sites is 3. The van der Waals surface area contributed by atoms with Gasteiger partial charge in [0.05, 0.1) is 22.3 Å². The summed E-state index contributed by atoms with van der Waals surface area (Å²) < 4.78 is 9.16. The molecule has 10 aromatic rings. The number of rotatable bonds is 7. The van der Waals surface area contributed by atoms with Gasteiger partial charge in [-0.3, -0.25) is 4.57 Å². The Bertz CT molecular complexity index is 3040. The Morgan fingerprint density at radius 3 is 1.66 bits per heavy atom. The lowest BCUT2D eigenvalue weighted by molar-refractivity contribution is 0.669. The molecule has 0 fully saturated rings. The summed E-state index contributed by atoms with van der Waals surface area (Å²) in [4.78, 5) is 15.7. The van der Waals surface area contributed by atoms with Crippen molar-refractivity contribution >= 4 is 44.3 Å². The smallest absolute Gasteiger partial charge is 0.199 e. The summed E-state index contributed by atoms with van der Waals surface area (Å²) in [7, 11) is 0. The van der Waals surface area contributed by atoms with E-state index in [-0.39, 0.29) is 11.8 Å². The van der Waals surface area contributed by atoms with E-state index >= 15 is 0 Å². The fourth-order valence-corrected chi connectivity index (χ4v) is 8.11. The number of aromatic nitrogens is 4. The van der Waals surface area contributed by atoms with Crippen LogP contribution in [-0.2, 0) is 0 Å². The van der Waals surface area contributed by atoms with E-state index in [4.69, 9.17) is 19.4 Å². The van der Waals surface area contributed by atoms with E-state index in [0.717, 1.165) is 66.8 Å². The number of imidazole rings is 1. The lowest BCUT2D eigenvalue weighted by atomic mass is 9.88. The molecule has 0 bridgehead atoms. The van der Waals surface area contributed by atoms with Crippen LogP contribution in [-0.4, -0.2) is 19.5 Å². The first-order valence-electron chi connectivity index (χ1n) is 19.4. The van der Waals surface area contributed by atoms with Gasteiger partial charge in [-0.15, -0.1) is 0 Å². The van der Waals surface area contributed by atoms with Crippen LogP contribution in [0.25, 0.3) is 94.7 Å². The molecule has 0 aliphatic carbocycles. The average molecular weight is 725 g/mol. The van der Waals surface area contributed by atoms with Crippen molar-refractivity contribution in [3.05, 3.63) is 169 Å². The maximum absolute atomic E-state index is 6.90. The molecular weight excluding hydrogens is 685 g/mol. The van der Waals surface area contributed by atoms with Gasteiger partial charge in [-0.2, -0.15) is 0 Å². The summed E-state index contributed by atoms with van der Waals surface area (Å²) in [5.41, 5.74) is 16.1. The van der Waals surface area contributed by atoms with Gasteiger partial charge in [0, 0.05) is 10.8 Å². The molecule has 0 atom stereocenters. The monoisotopic (exact) mass is 724 g/mol. The highest BCUT2D eigenvalue weighted by Gasteiger charge is 2.27. The largest absolute Gasteiger partial charge is 0.455 e. The van der Waals surface area contributed by atoms with Crippen LogP contribution < -0.4 is 0 Å². The van der Waals surface area contributed by atoms with Crippen LogP contribution in [0.2, 0.25) is 0 Å². The molecule has 0 saturated heterocycles. The highest BCUT2D eigenvalue weighted by Crippen LogP contribution is 2.43. The second kappa shape index (κ2) is 13.5. The second-order valence-electron chi connectivity index (χ2n) is 15.2. The number of hydrogen-bond donors (Lipinski definition) is 0. The van der Waals surface area contributed by atoms with Gasteiger partial charge in [0.1, 0.15) is 11.2 Å². The van der Waals surface area contributed by atoms with Gasteiger partial charge in [0.25, 0.3) is 0 Å². The molecule has 56 heavy (non-hydrogen) atoms. The quantitative estimate of drug-likeness (QED) is 0.164. The van der Waals surface area contributed by atoms with E-state index in [1.54, 1.807) is 0 Å². The van der Waals surface area contributed by atoms with E-state index in [9.17, 15) is 0 Å². The fraction of sp³-hybridized carbons (Fsp3) is 0.118. The Morgan fingerprint density at radius 1 is 0.464 bits per heavy atom. The van der Waals surface area contributed by atoms with E-state index < -0.39 is 0 Å². The van der Waals surface area contributed by atoms with E-state index in [2.05, 4.69) is 160 Å². The minimum Gasteiger partial charge on any atom is -0.455 e. The second-order valence-corrected chi connectivity index (χ2v) is 15.2. The molecule has 0 aliphatic rings. The maximum Gasteiger partial charge on any atom is 0.199 e. The molecule has 5 nitrogen and oxygen atoms in total. The van der Waals surface area contributed by atoms with Crippen molar-refractivity contribution < 1.29 is 4.42 Å². The lowest BCUT2D eigenvalue weighted by Crippen LogP contribution is -2.10. The van der Waals surface area contributed by atoms with Crippen molar-refractivity contribution in [2.24, 2.45) is 0 Å². The van der Waals surface area contributed by atoms with Crippen molar-refractivity contribution in [2.45, 2.75) is 39.5 Å². The molecule has 270 valence electrons. The Balaban J connectivity index is 1.20. The summed E-state index contributed by atoms with van der Waals surface area (Å²) in [6.07, 6.45) is 0. The zero-order valence-electron chi connectivity index (χ0n) is 31.9. The lowest BCUT2D eigenvalue weighted by Gasteiger charge is -2.24. The van der Waals surface area contributed by atoms with Crippen LogP contribution in [0.5, 0.6) is 0 Å². The third-order valence-corrected chi connectivity index (χ3v) is 11.0. The summed E-state index contributed by atoms with van der Waals surface area (Å²) in [6.45, 7) is 9.07. The van der Waals surface area contributed by atoms with Gasteiger partial charge in [-0.05, 0) is 98.8 Å². The molecule has 3 aromatic heterocycles. The molecule has 0 N–H and O–H groups in total. The molecule has 10 rings (SSSR count). The van der Waals surface area contributed by atoms with E-state index in [1.807, 2.05) is 30.3 Å². The predicted molar refractivity (Wildman–Crippen MR) is 231 cm³/mol. The molecule has 7 aromatic carbocycles. The molecule has 5 heteroatoms. The van der Waals surface area contributed by atoms with Crippen LogP contribution in [0.4, 0.5) is 0 Å². The van der Waals surface area contributed by atoms with Gasteiger partial charge < -0.3 is 4.42 Å². The van der Waals surface area contributed by atoms with Crippen LogP contribution in [0.3, 0.4) is 0 Å². The fourth-order valence-electron chi connectivity index (χ4n) is 8.11. The minimum absolute atomic E-state index is 0.215. The van der Waals surface area contributed by atoms with Gasteiger partial charge in [-0.1, -0.05) is 143 Å². The molecule has 0 aliphatic heterocycles. The van der Waals surface area contributed by atoms with Gasteiger partial charge >= 0.3 is 0 Å². The molecule has 0 unspecified atom stereocenters. The number of furan rings is 1. The normalized spacial score (nSPS) is 11.9. The van der Waals surface area contributed by atoms with Crippen LogP contribution in [0.15, 0.2) is 162 Å². The van der Waals surface area contributed by atoms with Crippen molar-refractivity contribution in [1.82, 2.24) is 19.5 Å². The third kappa shape index (κ3) is 5.66. The molecule has 0 amide bonds. The molecular formula is C51H40N4O. The highest BCUT2D eigenvalue weighted by atomic mass is 16.3. The Labute approximate surface area is 326 Å². The Morgan fingerprint density at radius 2 is 1.02 bits per heavy atom. The average Bonchev–Trinajstić information content (AvgIpc) is 3.80. The number of nitrogens with zero attached hydrogens (tertiary/aromatic N) is 4. The number of hydrogen-bond acceptors (Lipinski definition) is 4. The van der Waals surface area contributed by atoms with Crippen LogP contribution in [0.1, 0.15) is 50.7 Å². The summed E-state index contributed by atoms with van der Waals surface area (Å²) in [5, 5.41) is 2.11. The predicted octanol–water partition coefficient (Wildman–Crippen LogP) is 13.8.